The van der Waals surface area contributed by atoms with Gasteiger partial charge >= 0.3 is 11.4 Å². The molecule has 2 aromatic rings. The average Bonchev–Trinajstić information content (AvgIpc) is 2.37. The van der Waals surface area contributed by atoms with Crippen molar-refractivity contribution in [3.8, 4) is 11.1 Å². The molecule has 2 aromatic carbocycles. The van der Waals surface area contributed by atoms with Crippen molar-refractivity contribution in [2.24, 2.45) is 0 Å². The highest BCUT2D eigenvalue weighted by molar-refractivity contribution is 5.75. The number of nitrogens with zero attached hydrogens (tertiary/aromatic N) is 4. The topological polar surface area (TPSA) is 56.3 Å². The van der Waals surface area contributed by atoms with Gasteiger partial charge in [0.25, 0.3) is 0 Å². The summed E-state index contributed by atoms with van der Waals surface area (Å²) in [5, 5.41) is 18.0. The molecule has 0 fully saturated rings. The minimum atomic E-state index is 0. The smallest absolute Gasteiger partial charge is 0.390 e. The summed E-state index contributed by atoms with van der Waals surface area (Å²) in [4.78, 5) is 6.64. The third-order valence-electron chi connectivity index (χ3n) is 3.52. The molecule has 0 atom stereocenters. The molecule has 0 unspecified atom stereocenters. The maximum absolute atomic E-state index is 9.00. The fourth-order valence-corrected chi connectivity index (χ4v) is 2.56. The quantitative estimate of drug-likeness (QED) is 0.664. The molecule has 0 aliphatic carbocycles. The highest BCUT2D eigenvalue weighted by Gasteiger charge is 2.19. The first-order valence-electron chi connectivity index (χ1n) is 6.41. The standard InChI is InChI=1S/C16H16N4.2ClH/c1-9-5-13(6-10(2)15(9)19-17)14-7-11(3)16(20-18)12(4)8-14;;/h5-8H,1-4H3;2*1H/q+2;;/p-2. The molecule has 0 aliphatic heterocycles. The van der Waals surface area contributed by atoms with Crippen molar-refractivity contribution in [3.63, 3.8) is 0 Å². The van der Waals surface area contributed by atoms with Crippen molar-refractivity contribution < 1.29 is 24.8 Å². The van der Waals surface area contributed by atoms with Crippen molar-refractivity contribution >= 4 is 11.4 Å². The summed E-state index contributed by atoms with van der Waals surface area (Å²) < 4.78 is 0. The Morgan fingerprint density at radius 2 is 0.818 bits per heavy atom. The summed E-state index contributed by atoms with van der Waals surface area (Å²) in [6, 6.07) is 7.97. The van der Waals surface area contributed by atoms with Gasteiger partial charge in [-0.2, -0.15) is 0 Å². The lowest BCUT2D eigenvalue weighted by molar-refractivity contribution is -0.00100. The molecular formula is C16H16Cl2N4. The zero-order valence-electron chi connectivity index (χ0n) is 12.9. The molecule has 0 amide bonds. The Kier molecular flexibility index (Phi) is 7.00. The van der Waals surface area contributed by atoms with Gasteiger partial charge in [0.2, 0.25) is 10.8 Å². The van der Waals surface area contributed by atoms with Gasteiger partial charge in [-0.15, -0.1) is 0 Å². The molecule has 0 saturated heterocycles. The molecule has 0 N–H and O–H groups in total. The molecule has 0 saturated carbocycles. The van der Waals surface area contributed by atoms with Crippen LogP contribution in [0.4, 0.5) is 11.4 Å². The van der Waals surface area contributed by atoms with Crippen molar-refractivity contribution in [1.29, 1.82) is 10.8 Å². The number of rotatable bonds is 1. The second-order valence-corrected chi connectivity index (χ2v) is 5.12. The van der Waals surface area contributed by atoms with Crippen molar-refractivity contribution in [2.75, 3.05) is 0 Å². The Hall–Kier alpha value is -2.14. The van der Waals surface area contributed by atoms with Crippen LogP contribution in [-0.2, 0) is 0 Å². The Bertz CT molecular complexity index is 672. The largest absolute Gasteiger partial charge is 1.00 e. The van der Waals surface area contributed by atoms with E-state index in [1.807, 2.05) is 52.0 Å². The number of diazo groups is 2. The molecule has 0 aliphatic rings. The fraction of sp³-hybridized carbons (Fsp3) is 0.250. The van der Waals surface area contributed by atoms with E-state index in [1.54, 1.807) is 0 Å². The van der Waals surface area contributed by atoms with Gasteiger partial charge in [0.1, 0.15) is 0 Å². The predicted octanol–water partition coefficient (Wildman–Crippen LogP) is -0.436. The van der Waals surface area contributed by atoms with Gasteiger partial charge in [0.05, 0.1) is 0 Å². The van der Waals surface area contributed by atoms with Crippen LogP contribution in [0.25, 0.3) is 21.1 Å². The molecule has 0 aromatic heterocycles. The maximum Gasteiger partial charge on any atom is 0.390 e. The molecule has 0 spiro atoms. The molecule has 114 valence electrons. The molecule has 2 rings (SSSR count). The summed E-state index contributed by atoms with van der Waals surface area (Å²) in [5.41, 5.74) is 7.05. The van der Waals surface area contributed by atoms with E-state index in [1.165, 1.54) is 0 Å². The van der Waals surface area contributed by atoms with E-state index in [9.17, 15) is 0 Å². The first kappa shape index (κ1) is 19.9. The number of hydrogen-bond acceptors (Lipinski definition) is 2. The fourth-order valence-electron chi connectivity index (χ4n) is 2.56. The van der Waals surface area contributed by atoms with Gasteiger partial charge in [0, 0.05) is 22.3 Å². The second kappa shape index (κ2) is 7.75. The van der Waals surface area contributed by atoms with Crippen molar-refractivity contribution in [3.05, 3.63) is 56.5 Å². The minimum Gasteiger partial charge on any atom is -1.00 e. The summed E-state index contributed by atoms with van der Waals surface area (Å²) in [6.07, 6.45) is 0. The minimum absolute atomic E-state index is 0. The zero-order valence-corrected chi connectivity index (χ0v) is 14.4. The Morgan fingerprint density at radius 3 is 1.00 bits per heavy atom. The SMILES string of the molecule is Cc1cc(-c2cc(C)c([N+]#N)c(C)c2)cc(C)c1[N+]#N.[Cl-].[Cl-]. The van der Waals surface area contributed by atoms with Gasteiger partial charge in [0.15, 0.2) is 9.95 Å². The zero-order chi connectivity index (χ0) is 14.9. The van der Waals surface area contributed by atoms with E-state index < -0.39 is 0 Å². The van der Waals surface area contributed by atoms with Crippen LogP contribution in [-0.4, -0.2) is 0 Å². The number of benzene rings is 2. The number of halogens is 2. The Balaban J connectivity index is 0.00000220. The first-order chi connectivity index (χ1) is 9.47. The second-order valence-electron chi connectivity index (χ2n) is 5.12. The van der Waals surface area contributed by atoms with Crippen molar-refractivity contribution in [2.45, 2.75) is 27.7 Å². The van der Waals surface area contributed by atoms with Crippen LogP contribution < -0.4 is 24.8 Å². The predicted molar refractivity (Wildman–Crippen MR) is 80.3 cm³/mol. The lowest BCUT2D eigenvalue weighted by atomic mass is 9.95. The van der Waals surface area contributed by atoms with Crippen LogP contribution >= 0.6 is 0 Å². The van der Waals surface area contributed by atoms with Crippen LogP contribution in [0, 0.1) is 38.5 Å². The van der Waals surface area contributed by atoms with E-state index in [0.29, 0.717) is 11.4 Å². The van der Waals surface area contributed by atoms with Gasteiger partial charge in [-0.25, -0.2) is 0 Å². The van der Waals surface area contributed by atoms with Crippen LogP contribution in [0.2, 0.25) is 0 Å². The summed E-state index contributed by atoms with van der Waals surface area (Å²) in [5.74, 6) is 0. The first-order valence-corrected chi connectivity index (χ1v) is 6.41. The Morgan fingerprint density at radius 1 is 0.591 bits per heavy atom. The van der Waals surface area contributed by atoms with E-state index in [-0.39, 0.29) is 24.8 Å². The lowest BCUT2D eigenvalue weighted by Gasteiger charge is -2.05. The van der Waals surface area contributed by atoms with Crippen molar-refractivity contribution in [1.82, 2.24) is 0 Å². The van der Waals surface area contributed by atoms with Gasteiger partial charge in [-0.1, -0.05) is 0 Å². The van der Waals surface area contributed by atoms with Crippen LogP contribution in [0.15, 0.2) is 24.3 Å². The highest BCUT2D eigenvalue weighted by Crippen LogP contribution is 2.34. The lowest BCUT2D eigenvalue weighted by Crippen LogP contribution is -3.00. The molecule has 4 nitrogen and oxygen atoms in total. The molecular weight excluding hydrogens is 319 g/mol. The van der Waals surface area contributed by atoms with Crippen LogP contribution in [0.1, 0.15) is 22.3 Å². The molecule has 0 heterocycles. The maximum atomic E-state index is 9.00. The summed E-state index contributed by atoms with van der Waals surface area (Å²) in [7, 11) is 0. The summed E-state index contributed by atoms with van der Waals surface area (Å²) >= 11 is 0. The molecule has 0 radical (unpaired) electrons. The molecule has 22 heavy (non-hydrogen) atoms. The number of hydrogen-bond donors (Lipinski definition) is 0. The normalized spacial score (nSPS) is 9.00. The van der Waals surface area contributed by atoms with Crippen LogP contribution in [0.5, 0.6) is 0 Å². The third kappa shape index (κ3) is 3.54. The summed E-state index contributed by atoms with van der Waals surface area (Å²) in [6.45, 7) is 7.68. The van der Waals surface area contributed by atoms with E-state index in [2.05, 4.69) is 9.95 Å². The Labute approximate surface area is 142 Å². The number of aryl methyl sites for hydroxylation is 4. The van der Waals surface area contributed by atoms with Gasteiger partial charge < -0.3 is 24.8 Å². The van der Waals surface area contributed by atoms with Crippen LogP contribution in [0.3, 0.4) is 0 Å². The van der Waals surface area contributed by atoms with Gasteiger partial charge in [-0.3, -0.25) is 0 Å². The van der Waals surface area contributed by atoms with E-state index in [4.69, 9.17) is 10.8 Å². The van der Waals surface area contributed by atoms with Gasteiger partial charge in [-0.05, 0) is 63.1 Å². The average molecular weight is 335 g/mol. The van der Waals surface area contributed by atoms with E-state index in [0.717, 1.165) is 33.4 Å². The monoisotopic (exact) mass is 334 g/mol. The molecule has 6 heteroatoms. The molecule has 0 bridgehead atoms. The highest BCUT2D eigenvalue weighted by atomic mass is 35.5. The van der Waals surface area contributed by atoms with E-state index >= 15 is 0 Å². The third-order valence-corrected chi connectivity index (χ3v) is 3.52.